The fraction of sp³-hybridized carbons (Fsp3) is 0. The van der Waals surface area contributed by atoms with E-state index in [4.69, 9.17) is 0 Å². The first-order valence-corrected chi connectivity index (χ1v) is 7.74. The predicted octanol–water partition coefficient (Wildman–Crippen LogP) is 3.44. The molecule has 110 valence electrons. The summed E-state index contributed by atoms with van der Waals surface area (Å²) in [5.41, 5.74) is 0. The molecule has 0 saturated carbocycles. The van der Waals surface area contributed by atoms with E-state index in [0.717, 1.165) is 0 Å². The monoisotopic (exact) mass is 422 g/mol. The molecule has 0 heterocycles. The summed E-state index contributed by atoms with van der Waals surface area (Å²) < 4.78 is 0. The maximum atomic E-state index is 2.23. The van der Waals surface area contributed by atoms with Crippen LogP contribution >= 0.6 is 7.92 Å². The summed E-state index contributed by atoms with van der Waals surface area (Å²) >= 11 is 0. The standard InChI is InChI=1S/C18H15P.Ni.Ru/c1-4-10-16(11-5-1)19(17-12-6-2-7-13-17)18-14-8-3-9-15-18;;/h1-15H;;. The second kappa shape index (κ2) is 9.27. The van der Waals surface area contributed by atoms with Crippen LogP contribution < -0.4 is 15.9 Å². The van der Waals surface area contributed by atoms with E-state index >= 15 is 0 Å². The average Bonchev–Trinajstić information content (AvgIpc) is 2.51. The Morgan fingerprint density at radius 1 is 0.429 bits per heavy atom. The molecule has 0 nitrogen and oxygen atoms in total. The van der Waals surface area contributed by atoms with Crippen LogP contribution in [0.25, 0.3) is 0 Å². The van der Waals surface area contributed by atoms with Crippen LogP contribution in [-0.4, -0.2) is 0 Å². The van der Waals surface area contributed by atoms with Crippen LogP contribution in [0, 0.1) is 0 Å². The van der Waals surface area contributed by atoms with Gasteiger partial charge in [-0.3, -0.25) is 0 Å². The Bertz CT molecular complexity index is 535. The summed E-state index contributed by atoms with van der Waals surface area (Å²) in [5, 5.41) is 4.19. The maximum absolute atomic E-state index is 2.23. The minimum atomic E-state index is -0.446. The van der Waals surface area contributed by atoms with Gasteiger partial charge in [-0.2, -0.15) is 0 Å². The SMILES string of the molecule is [Ni].[Ru].c1ccc(P(c2ccccc2)c2ccccc2)cc1. The van der Waals surface area contributed by atoms with Crippen molar-refractivity contribution in [3.8, 4) is 0 Å². The molecular weight excluding hydrogens is 407 g/mol. The molecule has 3 aromatic carbocycles. The third kappa shape index (κ3) is 4.59. The van der Waals surface area contributed by atoms with E-state index in [2.05, 4.69) is 91.0 Å². The molecule has 0 amide bonds. The molecule has 0 atom stereocenters. The minimum absolute atomic E-state index is 0. The Kier molecular flexibility index (Phi) is 8.06. The molecule has 0 bridgehead atoms. The number of hydrogen-bond acceptors (Lipinski definition) is 0. The Hall–Kier alpha value is -0.793. The van der Waals surface area contributed by atoms with E-state index in [-0.39, 0.29) is 36.0 Å². The van der Waals surface area contributed by atoms with E-state index < -0.39 is 7.92 Å². The molecule has 21 heavy (non-hydrogen) atoms. The van der Waals surface area contributed by atoms with Gasteiger partial charge >= 0.3 is 0 Å². The summed E-state index contributed by atoms with van der Waals surface area (Å²) in [6.45, 7) is 0. The minimum Gasteiger partial charge on any atom is -0.0622 e. The Morgan fingerprint density at radius 2 is 0.667 bits per heavy atom. The van der Waals surface area contributed by atoms with Gasteiger partial charge in [-0.15, -0.1) is 0 Å². The van der Waals surface area contributed by atoms with E-state index in [1.54, 1.807) is 0 Å². The van der Waals surface area contributed by atoms with Crippen molar-refractivity contribution in [3.63, 3.8) is 0 Å². The number of rotatable bonds is 3. The van der Waals surface area contributed by atoms with Crippen molar-refractivity contribution >= 4 is 23.8 Å². The van der Waals surface area contributed by atoms with Crippen molar-refractivity contribution in [2.45, 2.75) is 0 Å². The van der Waals surface area contributed by atoms with Crippen LogP contribution in [-0.2, 0) is 36.0 Å². The van der Waals surface area contributed by atoms with Gasteiger partial charge in [-0.1, -0.05) is 91.0 Å². The van der Waals surface area contributed by atoms with Gasteiger partial charge < -0.3 is 0 Å². The van der Waals surface area contributed by atoms with Crippen molar-refractivity contribution in [1.82, 2.24) is 0 Å². The Balaban J connectivity index is 0.00000110. The quantitative estimate of drug-likeness (QED) is 0.449. The smallest absolute Gasteiger partial charge is 0 e. The van der Waals surface area contributed by atoms with Gasteiger partial charge in [-0.25, -0.2) is 0 Å². The summed E-state index contributed by atoms with van der Waals surface area (Å²) in [6, 6.07) is 32.3. The van der Waals surface area contributed by atoms with Gasteiger partial charge in [0.15, 0.2) is 0 Å². The molecule has 3 aromatic rings. The predicted molar refractivity (Wildman–Crippen MR) is 85.1 cm³/mol. The van der Waals surface area contributed by atoms with Crippen LogP contribution in [0.15, 0.2) is 91.0 Å². The maximum Gasteiger partial charge on any atom is 0 e. The molecular formula is C18H15NiPRu. The molecule has 0 spiro atoms. The molecule has 0 saturated heterocycles. The zero-order valence-electron chi connectivity index (χ0n) is 11.3. The van der Waals surface area contributed by atoms with E-state index in [9.17, 15) is 0 Å². The van der Waals surface area contributed by atoms with E-state index in [1.165, 1.54) is 15.9 Å². The molecule has 3 rings (SSSR count). The topological polar surface area (TPSA) is 0 Å². The zero-order chi connectivity index (χ0) is 12.9. The third-order valence-electron chi connectivity index (χ3n) is 3.04. The summed E-state index contributed by atoms with van der Waals surface area (Å²) in [5.74, 6) is 0. The number of benzene rings is 3. The first-order valence-electron chi connectivity index (χ1n) is 6.40. The van der Waals surface area contributed by atoms with Crippen molar-refractivity contribution in [2.24, 2.45) is 0 Å². The van der Waals surface area contributed by atoms with Crippen molar-refractivity contribution in [2.75, 3.05) is 0 Å². The normalized spacial score (nSPS) is 9.57. The van der Waals surface area contributed by atoms with Crippen LogP contribution in [0.2, 0.25) is 0 Å². The van der Waals surface area contributed by atoms with Crippen molar-refractivity contribution in [1.29, 1.82) is 0 Å². The summed E-state index contributed by atoms with van der Waals surface area (Å²) in [4.78, 5) is 0. The van der Waals surface area contributed by atoms with E-state index in [0.29, 0.717) is 0 Å². The molecule has 0 aliphatic rings. The Labute approximate surface area is 150 Å². The molecule has 0 aromatic heterocycles. The molecule has 0 unspecified atom stereocenters. The molecule has 0 aliphatic carbocycles. The van der Waals surface area contributed by atoms with Gasteiger partial charge in [0.05, 0.1) is 0 Å². The van der Waals surface area contributed by atoms with E-state index in [1.807, 2.05) is 0 Å². The fourth-order valence-electron chi connectivity index (χ4n) is 2.18. The van der Waals surface area contributed by atoms with Gasteiger partial charge in [0.2, 0.25) is 0 Å². The molecule has 0 N–H and O–H groups in total. The zero-order valence-corrected chi connectivity index (χ0v) is 14.9. The molecule has 0 fully saturated rings. The summed E-state index contributed by atoms with van der Waals surface area (Å²) in [7, 11) is -0.446. The van der Waals surface area contributed by atoms with Gasteiger partial charge in [-0.05, 0) is 23.8 Å². The van der Waals surface area contributed by atoms with Crippen LogP contribution in [0.3, 0.4) is 0 Å². The van der Waals surface area contributed by atoms with Crippen molar-refractivity contribution < 1.29 is 36.0 Å². The first-order chi connectivity index (χ1) is 9.45. The van der Waals surface area contributed by atoms with Crippen LogP contribution in [0.4, 0.5) is 0 Å². The van der Waals surface area contributed by atoms with Gasteiger partial charge in [0, 0.05) is 36.0 Å². The molecule has 0 aliphatic heterocycles. The van der Waals surface area contributed by atoms with Crippen molar-refractivity contribution in [3.05, 3.63) is 91.0 Å². The summed E-state index contributed by atoms with van der Waals surface area (Å²) in [6.07, 6.45) is 0. The third-order valence-corrected chi connectivity index (χ3v) is 5.49. The number of hydrogen-bond donors (Lipinski definition) is 0. The second-order valence-corrected chi connectivity index (χ2v) is 6.56. The van der Waals surface area contributed by atoms with Gasteiger partial charge in [0.25, 0.3) is 0 Å². The largest absolute Gasteiger partial charge is 0.0622 e. The second-order valence-electron chi connectivity index (χ2n) is 4.34. The van der Waals surface area contributed by atoms with Crippen LogP contribution in [0.5, 0.6) is 0 Å². The van der Waals surface area contributed by atoms with Crippen LogP contribution in [0.1, 0.15) is 0 Å². The van der Waals surface area contributed by atoms with Gasteiger partial charge in [0.1, 0.15) is 0 Å². The molecule has 3 heteroatoms. The molecule has 0 radical (unpaired) electrons. The average molecular weight is 422 g/mol. The Morgan fingerprint density at radius 3 is 0.905 bits per heavy atom. The fourth-order valence-corrected chi connectivity index (χ4v) is 4.48. The first kappa shape index (κ1) is 18.3.